The zero-order valence-corrected chi connectivity index (χ0v) is 10.1. The molecule has 0 radical (unpaired) electrons. The highest BCUT2D eigenvalue weighted by atomic mass is 16.4. The van der Waals surface area contributed by atoms with Crippen molar-refractivity contribution >= 4 is 11.9 Å². The second kappa shape index (κ2) is 7.50. The number of hydrogen-bond acceptors (Lipinski definition) is 4. The Labute approximate surface area is 105 Å². The van der Waals surface area contributed by atoms with E-state index in [2.05, 4.69) is 5.32 Å². The molecule has 1 aromatic heterocycles. The van der Waals surface area contributed by atoms with Crippen LogP contribution in [0.1, 0.15) is 25.0 Å². The summed E-state index contributed by atoms with van der Waals surface area (Å²) in [6, 6.07) is 2.66. The van der Waals surface area contributed by atoms with Crippen LogP contribution in [0.15, 0.2) is 22.8 Å². The summed E-state index contributed by atoms with van der Waals surface area (Å²) in [5, 5.41) is 11.3. The van der Waals surface area contributed by atoms with Crippen LogP contribution < -0.4 is 11.1 Å². The van der Waals surface area contributed by atoms with Crippen LogP contribution in [-0.2, 0) is 16.0 Å². The maximum absolute atomic E-state index is 11.4. The second-order valence-electron chi connectivity index (χ2n) is 4.05. The molecule has 1 aromatic rings. The number of carbonyl (C=O) groups is 2. The molecule has 1 rings (SSSR count). The van der Waals surface area contributed by atoms with E-state index in [4.69, 9.17) is 15.3 Å². The molecule has 18 heavy (non-hydrogen) atoms. The van der Waals surface area contributed by atoms with E-state index < -0.39 is 12.0 Å². The molecule has 1 unspecified atom stereocenters. The van der Waals surface area contributed by atoms with Gasteiger partial charge in [-0.05, 0) is 31.4 Å². The van der Waals surface area contributed by atoms with Crippen molar-refractivity contribution in [2.45, 2.75) is 31.7 Å². The summed E-state index contributed by atoms with van der Waals surface area (Å²) >= 11 is 0. The van der Waals surface area contributed by atoms with Crippen molar-refractivity contribution in [2.75, 3.05) is 6.54 Å². The third-order valence-electron chi connectivity index (χ3n) is 2.50. The molecule has 1 amide bonds. The summed E-state index contributed by atoms with van der Waals surface area (Å²) in [6.07, 6.45) is 3.56. The van der Waals surface area contributed by atoms with Crippen LogP contribution in [-0.4, -0.2) is 29.6 Å². The second-order valence-corrected chi connectivity index (χ2v) is 4.05. The highest BCUT2D eigenvalue weighted by molar-refractivity contribution is 5.77. The van der Waals surface area contributed by atoms with Gasteiger partial charge in [0.15, 0.2) is 0 Å². The minimum absolute atomic E-state index is 0.104. The van der Waals surface area contributed by atoms with Gasteiger partial charge in [0.25, 0.3) is 0 Å². The molecule has 0 aliphatic rings. The lowest BCUT2D eigenvalue weighted by atomic mass is 10.1. The van der Waals surface area contributed by atoms with Gasteiger partial charge < -0.3 is 20.6 Å². The van der Waals surface area contributed by atoms with Crippen molar-refractivity contribution in [3.63, 3.8) is 0 Å². The monoisotopic (exact) mass is 254 g/mol. The topological polar surface area (TPSA) is 106 Å². The number of carboxylic acid groups (broad SMARTS) is 1. The molecule has 0 saturated carbocycles. The van der Waals surface area contributed by atoms with Gasteiger partial charge in [-0.1, -0.05) is 0 Å². The van der Waals surface area contributed by atoms with Gasteiger partial charge in [0.2, 0.25) is 5.91 Å². The maximum atomic E-state index is 11.4. The average Bonchev–Trinajstić information content (AvgIpc) is 2.80. The zero-order valence-electron chi connectivity index (χ0n) is 10.1. The number of carbonyl (C=O) groups excluding carboxylic acids is 1. The lowest BCUT2D eigenvalue weighted by molar-refractivity contribution is -0.138. The Hall–Kier alpha value is -1.82. The Morgan fingerprint density at radius 2 is 2.22 bits per heavy atom. The van der Waals surface area contributed by atoms with Crippen molar-refractivity contribution in [1.82, 2.24) is 5.32 Å². The number of aliphatic carboxylic acids is 1. The Morgan fingerprint density at radius 3 is 2.83 bits per heavy atom. The molecule has 100 valence electrons. The van der Waals surface area contributed by atoms with Crippen molar-refractivity contribution in [2.24, 2.45) is 5.73 Å². The standard InChI is InChI=1S/C12H18N2O4/c13-10(12(16)17)5-1-2-6-14-11(15)8-9-4-3-7-18-9/h3-4,7,10H,1-2,5-6,8,13H2,(H,14,15)(H,16,17). The van der Waals surface area contributed by atoms with E-state index in [9.17, 15) is 9.59 Å². The van der Waals surface area contributed by atoms with Crippen LogP contribution in [0.2, 0.25) is 0 Å². The highest BCUT2D eigenvalue weighted by Gasteiger charge is 2.10. The molecule has 0 saturated heterocycles. The zero-order chi connectivity index (χ0) is 13.4. The average molecular weight is 254 g/mol. The summed E-state index contributed by atoms with van der Waals surface area (Å²) in [7, 11) is 0. The van der Waals surface area contributed by atoms with E-state index >= 15 is 0 Å². The summed E-state index contributed by atoms with van der Waals surface area (Å²) < 4.78 is 5.05. The molecule has 0 aliphatic carbocycles. The first kappa shape index (κ1) is 14.2. The van der Waals surface area contributed by atoms with Gasteiger partial charge >= 0.3 is 5.97 Å². The van der Waals surface area contributed by atoms with Crippen molar-refractivity contribution in [3.8, 4) is 0 Å². The Morgan fingerprint density at radius 1 is 1.44 bits per heavy atom. The van der Waals surface area contributed by atoms with Gasteiger partial charge in [0.05, 0.1) is 12.7 Å². The fourth-order valence-corrected chi connectivity index (χ4v) is 1.47. The van der Waals surface area contributed by atoms with Gasteiger partial charge in [0, 0.05) is 6.54 Å². The minimum Gasteiger partial charge on any atom is -0.480 e. The Bertz CT molecular complexity index is 375. The predicted octanol–water partition coefficient (Wildman–Crippen LogP) is 0.520. The molecule has 6 nitrogen and oxygen atoms in total. The van der Waals surface area contributed by atoms with Crippen molar-refractivity contribution in [3.05, 3.63) is 24.2 Å². The molecular formula is C12H18N2O4. The number of nitrogens with two attached hydrogens (primary N) is 1. The van der Waals surface area contributed by atoms with Crippen LogP contribution >= 0.6 is 0 Å². The quantitative estimate of drug-likeness (QED) is 0.586. The fourth-order valence-electron chi connectivity index (χ4n) is 1.47. The molecular weight excluding hydrogens is 236 g/mol. The van der Waals surface area contributed by atoms with E-state index in [1.807, 2.05) is 0 Å². The highest BCUT2D eigenvalue weighted by Crippen LogP contribution is 2.01. The molecule has 4 N–H and O–H groups in total. The third kappa shape index (κ3) is 5.49. The molecule has 0 spiro atoms. The van der Waals surface area contributed by atoms with Crippen LogP contribution in [0, 0.1) is 0 Å². The lowest BCUT2D eigenvalue weighted by Gasteiger charge is -2.06. The number of nitrogens with one attached hydrogen (secondary N) is 1. The van der Waals surface area contributed by atoms with Crippen molar-refractivity contribution < 1.29 is 19.1 Å². The van der Waals surface area contributed by atoms with E-state index in [1.165, 1.54) is 6.26 Å². The molecule has 0 aromatic carbocycles. The minimum atomic E-state index is -0.989. The number of unbranched alkanes of at least 4 members (excludes halogenated alkanes) is 1. The van der Waals surface area contributed by atoms with Gasteiger partial charge in [-0.15, -0.1) is 0 Å². The number of carboxylic acids is 1. The lowest BCUT2D eigenvalue weighted by Crippen LogP contribution is -2.30. The van der Waals surface area contributed by atoms with E-state index in [-0.39, 0.29) is 12.3 Å². The van der Waals surface area contributed by atoms with Gasteiger partial charge in [-0.25, -0.2) is 0 Å². The first-order valence-electron chi connectivity index (χ1n) is 5.87. The summed E-state index contributed by atoms with van der Waals surface area (Å²) in [6.45, 7) is 0.520. The molecule has 6 heteroatoms. The van der Waals surface area contributed by atoms with Gasteiger partial charge in [-0.3, -0.25) is 9.59 Å². The summed E-state index contributed by atoms with van der Waals surface area (Å²) in [4.78, 5) is 21.9. The number of rotatable bonds is 8. The number of furan rings is 1. The predicted molar refractivity (Wildman–Crippen MR) is 64.9 cm³/mol. The Balaban J connectivity index is 2.04. The largest absolute Gasteiger partial charge is 0.480 e. The maximum Gasteiger partial charge on any atom is 0.320 e. The van der Waals surface area contributed by atoms with E-state index in [0.29, 0.717) is 31.6 Å². The number of hydrogen-bond donors (Lipinski definition) is 3. The van der Waals surface area contributed by atoms with E-state index in [0.717, 1.165) is 0 Å². The molecule has 1 atom stereocenters. The smallest absolute Gasteiger partial charge is 0.320 e. The Kier molecular flexibility index (Phi) is 5.93. The summed E-state index contributed by atoms with van der Waals surface area (Å²) in [5.41, 5.74) is 5.35. The number of amides is 1. The van der Waals surface area contributed by atoms with Crippen LogP contribution in [0.4, 0.5) is 0 Å². The summed E-state index contributed by atoms with van der Waals surface area (Å²) in [5.74, 6) is -0.468. The van der Waals surface area contributed by atoms with Crippen LogP contribution in [0.5, 0.6) is 0 Å². The molecule has 0 aliphatic heterocycles. The molecule has 0 fully saturated rings. The first-order chi connectivity index (χ1) is 8.59. The van der Waals surface area contributed by atoms with Gasteiger partial charge in [-0.2, -0.15) is 0 Å². The first-order valence-corrected chi connectivity index (χ1v) is 5.87. The van der Waals surface area contributed by atoms with Crippen LogP contribution in [0.25, 0.3) is 0 Å². The van der Waals surface area contributed by atoms with Crippen LogP contribution in [0.3, 0.4) is 0 Å². The van der Waals surface area contributed by atoms with Gasteiger partial charge in [0.1, 0.15) is 11.8 Å². The van der Waals surface area contributed by atoms with Crippen molar-refractivity contribution in [1.29, 1.82) is 0 Å². The SMILES string of the molecule is NC(CCCCNC(=O)Cc1ccco1)C(=O)O. The third-order valence-corrected chi connectivity index (χ3v) is 2.50. The van der Waals surface area contributed by atoms with E-state index in [1.54, 1.807) is 12.1 Å². The normalized spacial score (nSPS) is 12.1. The fraction of sp³-hybridized carbons (Fsp3) is 0.500. The molecule has 0 bridgehead atoms. The molecule has 1 heterocycles.